The van der Waals surface area contributed by atoms with E-state index in [1.54, 1.807) is 12.1 Å². The molecule has 0 fully saturated rings. The van der Waals surface area contributed by atoms with E-state index in [0.717, 1.165) is 11.0 Å². The van der Waals surface area contributed by atoms with Gasteiger partial charge in [0.05, 0.1) is 21.6 Å². The SMILES string of the molecule is O=C(CCCN1C(=O)c2ccc([N+](=O)[O-])cc2C1=O)NCCNC(=O)c1ccccc1O. The summed E-state index contributed by atoms with van der Waals surface area (Å²) in [6.07, 6.45) is 0.255. The minimum atomic E-state index is -0.643. The van der Waals surface area contributed by atoms with E-state index in [1.807, 2.05) is 0 Å². The average Bonchev–Trinajstić information content (AvgIpc) is 3.01. The maximum Gasteiger partial charge on any atom is 0.270 e. The first-order valence-corrected chi connectivity index (χ1v) is 9.77. The van der Waals surface area contributed by atoms with E-state index in [9.17, 15) is 34.4 Å². The second kappa shape index (κ2) is 9.69. The number of benzene rings is 2. The first kappa shape index (κ1) is 22.4. The number of carbonyl (C=O) groups is 4. The van der Waals surface area contributed by atoms with E-state index in [-0.39, 0.29) is 66.5 Å². The lowest BCUT2D eigenvalue weighted by Gasteiger charge is -2.13. The van der Waals surface area contributed by atoms with E-state index in [1.165, 1.54) is 24.3 Å². The third-order valence-electron chi connectivity index (χ3n) is 4.83. The summed E-state index contributed by atoms with van der Waals surface area (Å²) in [6, 6.07) is 9.58. The van der Waals surface area contributed by atoms with Gasteiger partial charge in [0.1, 0.15) is 5.75 Å². The number of nitrogens with one attached hydrogen (secondary N) is 2. The molecule has 0 aromatic heterocycles. The third-order valence-corrected chi connectivity index (χ3v) is 4.83. The molecule has 0 spiro atoms. The van der Waals surface area contributed by atoms with Crippen LogP contribution in [0.15, 0.2) is 42.5 Å². The van der Waals surface area contributed by atoms with Gasteiger partial charge in [-0.1, -0.05) is 12.1 Å². The number of imide groups is 1. The predicted octanol–water partition coefficient (Wildman–Crippen LogP) is 1.22. The van der Waals surface area contributed by atoms with Crippen LogP contribution in [0.2, 0.25) is 0 Å². The lowest BCUT2D eigenvalue weighted by atomic mass is 10.1. The van der Waals surface area contributed by atoms with Crippen LogP contribution < -0.4 is 10.6 Å². The molecule has 0 bridgehead atoms. The highest BCUT2D eigenvalue weighted by molar-refractivity contribution is 6.21. The van der Waals surface area contributed by atoms with Gasteiger partial charge in [0, 0.05) is 38.2 Å². The van der Waals surface area contributed by atoms with E-state index in [2.05, 4.69) is 10.6 Å². The number of nitrogens with zero attached hydrogens (tertiary/aromatic N) is 2. The van der Waals surface area contributed by atoms with Crippen LogP contribution in [-0.2, 0) is 4.79 Å². The largest absolute Gasteiger partial charge is 0.507 e. The lowest BCUT2D eigenvalue weighted by molar-refractivity contribution is -0.384. The van der Waals surface area contributed by atoms with Crippen molar-refractivity contribution in [3.63, 3.8) is 0 Å². The van der Waals surface area contributed by atoms with E-state index < -0.39 is 22.6 Å². The Balaban J connectivity index is 1.40. The molecule has 11 nitrogen and oxygen atoms in total. The molecule has 3 rings (SSSR count). The van der Waals surface area contributed by atoms with E-state index in [0.29, 0.717) is 0 Å². The van der Waals surface area contributed by atoms with Crippen molar-refractivity contribution in [2.45, 2.75) is 12.8 Å². The van der Waals surface area contributed by atoms with Gasteiger partial charge in [-0.2, -0.15) is 0 Å². The van der Waals surface area contributed by atoms with Crippen LogP contribution in [0.3, 0.4) is 0 Å². The predicted molar refractivity (Wildman–Crippen MR) is 111 cm³/mol. The Morgan fingerprint density at radius 3 is 2.41 bits per heavy atom. The molecule has 4 amide bonds. The number of aromatic hydroxyl groups is 1. The van der Waals surface area contributed by atoms with Crippen LogP contribution in [0, 0.1) is 10.1 Å². The van der Waals surface area contributed by atoms with Gasteiger partial charge in [0.2, 0.25) is 5.91 Å². The standard InChI is InChI=1S/C21H20N4O7/c26-17-5-2-1-4-15(17)19(28)23-10-9-22-18(27)6-3-11-24-20(29)14-8-7-13(25(31)32)12-16(14)21(24)30/h1-2,4-5,7-8,12,26H,3,6,9-11H2,(H,22,27)(H,23,28). The lowest BCUT2D eigenvalue weighted by Crippen LogP contribution is -2.35. The second-order valence-corrected chi connectivity index (χ2v) is 6.98. The van der Waals surface area contributed by atoms with Gasteiger partial charge < -0.3 is 15.7 Å². The molecule has 11 heteroatoms. The molecule has 32 heavy (non-hydrogen) atoms. The number of hydrogen-bond donors (Lipinski definition) is 3. The molecule has 2 aromatic carbocycles. The fraction of sp³-hybridized carbons (Fsp3) is 0.238. The fourth-order valence-corrected chi connectivity index (χ4v) is 3.22. The smallest absolute Gasteiger partial charge is 0.270 e. The molecule has 0 radical (unpaired) electrons. The Bertz CT molecular complexity index is 1100. The van der Waals surface area contributed by atoms with E-state index in [4.69, 9.17) is 0 Å². The molecule has 0 aliphatic carbocycles. The monoisotopic (exact) mass is 440 g/mol. The van der Waals surface area contributed by atoms with Gasteiger partial charge in [0.25, 0.3) is 23.4 Å². The van der Waals surface area contributed by atoms with Crippen LogP contribution in [0.4, 0.5) is 5.69 Å². The highest BCUT2D eigenvalue weighted by Gasteiger charge is 2.36. The number of hydrogen-bond acceptors (Lipinski definition) is 7. The minimum absolute atomic E-state index is 0.00240. The van der Waals surface area contributed by atoms with Crippen molar-refractivity contribution in [3.8, 4) is 5.75 Å². The maximum absolute atomic E-state index is 12.4. The van der Waals surface area contributed by atoms with Gasteiger partial charge in [0.15, 0.2) is 0 Å². The fourth-order valence-electron chi connectivity index (χ4n) is 3.22. The number of carbonyl (C=O) groups excluding carboxylic acids is 4. The molecule has 0 saturated heterocycles. The zero-order chi connectivity index (χ0) is 23.3. The van der Waals surface area contributed by atoms with Crippen LogP contribution in [-0.4, -0.2) is 58.2 Å². The number of fused-ring (bicyclic) bond motifs is 1. The molecule has 2 aromatic rings. The van der Waals surface area contributed by atoms with Gasteiger partial charge in [-0.25, -0.2) is 0 Å². The molecule has 3 N–H and O–H groups in total. The van der Waals surface area contributed by atoms with Crippen LogP contribution >= 0.6 is 0 Å². The first-order valence-electron chi connectivity index (χ1n) is 9.77. The number of phenolic OH excluding ortho intramolecular Hbond substituents is 1. The molecule has 1 heterocycles. The minimum Gasteiger partial charge on any atom is -0.507 e. The zero-order valence-electron chi connectivity index (χ0n) is 16.9. The Morgan fingerprint density at radius 2 is 1.69 bits per heavy atom. The third kappa shape index (κ3) is 4.89. The first-order chi connectivity index (χ1) is 15.3. The quantitative estimate of drug-likeness (QED) is 0.229. The van der Waals surface area contributed by atoms with Crippen molar-refractivity contribution in [3.05, 3.63) is 69.3 Å². The average molecular weight is 440 g/mol. The number of nitro groups is 1. The molecule has 0 unspecified atom stereocenters. The number of rotatable bonds is 9. The van der Waals surface area contributed by atoms with Crippen LogP contribution in [0.25, 0.3) is 0 Å². The summed E-state index contributed by atoms with van der Waals surface area (Å²) in [5.41, 5.74) is -0.0649. The molecule has 1 aliphatic heterocycles. The van der Waals surface area contributed by atoms with Crippen LogP contribution in [0.1, 0.15) is 43.9 Å². The normalized spacial score (nSPS) is 12.4. The summed E-state index contributed by atoms with van der Waals surface area (Å²) in [6.45, 7) is 0.308. The molecule has 0 saturated carbocycles. The van der Waals surface area contributed by atoms with Crippen LogP contribution in [0.5, 0.6) is 5.75 Å². The molecule has 0 atom stereocenters. The van der Waals surface area contributed by atoms with Crippen molar-refractivity contribution in [1.82, 2.24) is 15.5 Å². The summed E-state index contributed by atoms with van der Waals surface area (Å²) in [7, 11) is 0. The van der Waals surface area contributed by atoms with Crippen molar-refractivity contribution in [2.75, 3.05) is 19.6 Å². The molecular formula is C21H20N4O7. The Hall–Kier alpha value is -4.28. The Kier molecular flexibility index (Phi) is 6.78. The number of non-ortho nitro benzene ring substituents is 1. The van der Waals surface area contributed by atoms with Gasteiger partial charge >= 0.3 is 0 Å². The van der Waals surface area contributed by atoms with Crippen molar-refractivity contribution in [2.24, 2.45) is 0 Å². The molecule has 1 aliphatic rings. The van der Waals surface area contributed by atoms with Gasteiger partial charge in [-0.3, -0.25) is 34.2 Å². The number of nitro benzene ring substituents is 1. The number of para-hydroxylation sites is 1. The van der Waals surface area contributed by atoms with Crippen molar-refractivity contribution in [1.29, 1.82) is 0 Å². The summed E-state index contributed by atoms with van der Waals surface area (Å²) < 4.78 is 0. The maximum atomic E-state index is 12.4. The summed E-state index contributed by atoms with van der Waals surface area (Å²) >= 11 is 0. The second-order valence-electron chi connectivity index (χ2n) is 6.98. The highest BCUT2D eigenvalue weighted by atomic mass is 16.6. The summed E-state index contributed by atoms with van der Waals surface area (Å²) in [4.78, 5) is 59.9. The molecule has 166 valence electrons. The van der Waals surface area contributed by atoms with Crippen molar-refractivity contribution < 1.29 is 29.2 Å². The van der Waals surface area contributed by atoms with Gasteiger partial charge in [-0.05, 0) is 24.6 Å². The topological polar surface area (TPSA) is 159 Å². The van der Waals surface area contributed by atoms with E-state index >= 15 is 0 Å². The Labute approximate surface area is 182 Å². The van der Waals surface area contributed by atoms with Gasteiger partial charge in [-0.15, -0.1) is 0 Å². The summed E-state index contributed by atoms with van der Waals surface area (Å²) in [5.74, 6) is -2.11. The zero-order valence-corrected chi connectivity index (χ0v) is 16.9. The highest BCUT2D eigenvalue weighted by Crippen LogP contribution is 2.27. The molecular weight excluding hydrogens is 420 g/mol. The Morgan fingerprint density at radius 1 is 1.00 bits per heavy atom. The number of phenols is 1. The van der Waals surface area contributed by atoms with Crippen molar-refractivity contribution >= 4 is 29.3 Å². The summed E-state index contributed by atoms with van der Waals surface area (Å²) in [5, 5.41) is 25.7. The number of amides is 4.